The van der Waals surface area contributed by atoms with Crippen LogP contribution in [0.4, 0.5) is 0 Å². The Morgan fingerprint density at radius 3 is 0.958 bits per heavy atom. The van der Waals surface area contributed by atoms with Crippen molar-refractivity contribution in [2.45, 2.75) is 65.2 Å². The van der Waals surface area contributed by atoms with Crippen LogP contribution in [0.3, 0.4) is 0 Å². The molecule has 2 saturated carbocycles. The van der Waals surface area contributed by atoms with Gasteiger partial charge in [0.1, 0.15) is 0 Å². The van der Waals surface area contributed by atoms with Crippen LogP contribution in [0, 0.1) is 51.4 Å². The van der Waals surface area contributed by atoms with Crippen LogP contribution in [0.2, 0.25) is 0 Å². The van der Waals surface area contributed by atoms with Crippen LogP contribution in [-0.2, 0) is 24.3 Å². The van der Waals surface area contributed by atoms with E-state index in [0.717, 1.165) is 0 Å². The zero-order chi connectivity index (χ0) is 17.2. The molecule has 0 aromatic carbocycles. The van der Waals surface area contributed by atoms with Crippen LogP contribution < -0.4 is 0 Å². The van der Waals surface area contributed by atoms with Gasteiger partial charge < -0.3 is 5.11 Å². The molecule has 0 atom stereocenters. The van der Waals surface area contributed by atoms with E-state index in [4.69, 9.17) is 5.11 Å². The maximum Gasteiger partial charge on any atom is 0.155 e. The van der Waals surface area contributed by atoms with Crippen LogP contribution in [0.1, 0.15) is 65.2 Å². The van der Waals surface area contributed by atoms with Gasteiger partial charge in [0.25, 0.3) is 0 Å². The van der Waals surface area contributed by atoms with Crippen LogP contribution >= 0.6 is 0 Å². The van der Waals surface area contributed by atoms with Crippen molar-refractivity contribution in [1.29, 1.82) is 0 Å². The molecule has 24 heavy (non-hydrogen) atoms. The van der Waals surface area contributed by atoms with Gasteiger partial charge in [0.05, 0.1) is 5.76 Å². The molecule has 3 heteroatoms. The molecule has 2 aliphatic carbocycles. The minimum atomic E-state index is -0.125. The number of ketones is 1. The van der Waals surface area contributed by atoms with Crippen molar-refractivity contribution in [3.05, 3.63) is 63.2 Å². The molecule has 1 N–H and O–H groups in total. The van der Waals surface area contributed by atoms with Gasteiger partial charge in [0, 0.05) is 25.6 Å². The molecule has 0 amide bonds. The summed E-state index contributed by atoms with van der Waals surface area (Å²) >= 11 is 0. The zero-order valence-corrected chi connectivity index (χ0v) is 16.7. The Kier molecular flexibility index (Phi) is 22.7. The number of carbonyl (C=O) groups is 1. The molecule has 0 spiro atoms. The normalized spacial score (nSPS) is 19.3. The van der Waals surface area contributed by atoms with Crippen molar-refractivity contribution in [1.82, 2.24) is 0 Å². The predicted molar refractivity (Wildman–Crippen MR) is 98.4 cm³/mol. The van der Waals surface area contributed by atoms with Crippen LogP contribution in [-0.4, -0.2) is 10.9 Å². The van der Waals surface area contributed by atoms with Gasteiger partial charge in [0.15, 0.2) is 5.78 Å². The summed E-state index contributed by atoms with van der Waals surface area (Å²) in [6.45, 7) is 2.85. The SMILES string of the molecule is CC(=O)/C=C(/C)O.[CH]1[CH]CC[CH][CH]CC1.[CH]1[CH]CC[CH][CH]CC1.[Rh]. The molecule has 0 heterocycles. The Bertz CT molecular complexity index is 232. The molecule has 2 rings (SSSR count). The van der Waals surface area contributed by atoms with Gasteiger partial charge >= 0.3 is 0 Å². The Morgan fingerprint density at radius 2 is 0.875 bits per heavy atom. The standard InChI is InChI=1S/2C8H12.C5H8O2.Rh/c2*1-2-4-6-8-7-5-3-1;1-4(6)3-5(2)7;/h2*1-2,7-8H,3-6H2;3,6H,1-2H3;/b;;4-3-;. The smallest absolute Gasteiger partial charge is 0.155 e. The fourth-order valence-corrected chi connectivity index (χ4v) is 2.01. The second-order valence-corrected chi connectivity index (χ2v) is 5.59. The second kappa shape index (κ2) is 20.9. The summed E-state index contributed by atoms with van der Waals surface area (Å²) in [6.07, 6.45) is 29.2. The van der Waals surface area contributed by atoms with Gasteiger partial charge in [-0.15, -0.1) is 0 Å². The molecule has 137 valence electrons. The first-order valence-electron chi connectivity index (χ1n) is 8.60. The van der Waals surface area contributed by atoms with Crippen molar-refractivity contribution in [2.75, 3.05) is 0 Å². The summed E-state index contributed by atoms with van der Waals surface area (Å²) in [5.74, 6) is -0.0625. The largest absolute Gasteiger partial charge is 0.512 e. The van der Waals surface area contributed by atoms with E-state index in [1.165, 1.54) is 71.3 Å². The van der Waals surface area contributed by atoms with Crippen molar-refractivity contribution < 1.29 is 29.4 Å². The average Bonchev–Trinajstić information content (AvgIpc) is 2.36. The Morgan fingerprint density at radius 1 is 0.667 bits per heavy atom. The van der Waals surface area contributed by atoms with Gasteiger partial charge in [-0.1, -0.05) is 0 Å². The third kappa shape index (κ3) is 24.1. The fourth-order valence-electron chi connectivity index (χ4n) is 2.01. The summed E-state index contributed by atoms with van der Waals surface area (Å²) in [6, 6.07) is 0. The summed E-state index contributed by atoms with van der Waals surface area (Å²) in [4.78, 5) is 10.0. The van der Waals surface area contributed by atoms with Crippen molar-refractivity contribution in [2.24, 2.45) is 0 Å². The number of allylic oxidation sites excluding steroid dienone is 2. The number of rotatable bonds is 1. The topological polar surface area (TPSA) is 37.3 Å². The molecule has 2 nitrogen and oxygen atoms in total. The number of hydrogen-bond donors (Lipinski definition) is 1. The van der Waals surface area contributed by atoms with Crippen molar-refractivity contribution in [3.8, 4) is 0 Å². The molecule has 0 aromatic rings. The van der Waals surface area contributed by atoms with E-state index in [1.54, 1.807) is 0 Å². The van der Waals surface area contributed by atoms with E-state index in [1.807, 2.05) is 0 Å². The van der Waals surface area contributed by atoms with E-state index in [-0.39, 0.29) is 31.0 Å². The molecule has 2 fully saturated rings. The maximum absolute atomic E-state index is 10.0. The molecule has 9 radical (unpaired) electrons. The molecule has 0 bridgehead atoms. The third-order valence-electron chi connectivity index (χ3n) is 3.08. The monoisotopic (exact) mass is 419 g/mol. The van der Waals surface area contributed by atoms with Gasteiger partial charge in [-0.3, -0.25) is 4.79 Å². The number of aliphatic hydroxyl groups is 1. The van der Waals surface area contributed by atoms with Crippen molar-refractivity contribution in [3.63, 3.8) is 0 Å². The van der Waals surface area contributed by atoms with Crippen LogP contribution in [0.5, 0.6) is 0 Å². The predicted octanol–water partition coefficient (Wildman–Crippen LogP) is 5.79. The third-order valence-corrected chi connectivity index (χ3v) is 3.08. The van der Waals surface area contributed by atoms with Gasteiger partial charge in [-0.2, -0.15) is 0 Å². The van der Waals surface area contributed by atoms with E-state index >= 15 is 0 Å². The maximum atomic E-state index is 10.0. The van der Waals surface area contributed by atoms with E-state index < -0.39 is 0 Å². The minimum absolute atomic E-state index is 0. The fraction of sp³-hybridized carbons (Fsp3) is 0.476. The molecule has 0 aromatic heterocycles. The summed E-state index contributed by atoms with van der Waals surface area (Å²) < 4.78 is 0. The average molecular weight is 419 g/mol. The van der Waals surface area contributed by atoms with Crippen LogP contribution in [0.15, 0.2) is 11.8 Å². The van der Waals surface area contributed by atoms with E-state index in [9.17, 15) is 4.79 Å². The molecule has 0 unspecified atom stereocenters. The first-order valence-corrected chi connectivity index (χ1v) is 8.60. The minimum Gasteiger partial charge on any atom is -0.512 e. The van der Waals surface area contributed by atoms with Gasteiger partial charge in [0.2, 0.25) is 0 Å². The number of hydrogen-bond acceptors (Lipinski definition) is 2. The molecule has 0 aliphatic heterocycles. The first-order chi connectivity index (χ1) is 11.1. The Labute approximate surface area is 163 Å². The van der Waals surface area contributed by atoms with Gasteiger partial charge in [-0.25, -0.2) is 0 Å². The summed E-state index contributed by atoms with van der Waals surface area (Å²) in [5, 5.41) is 8.36. The molecule has 0 saturated heterocycles. The molecular weight excluding hydrogens is 387 g/mol. The first kappa shape index (κ1) is 26.1. The second-order valence-electron chi connectivity index (χ2n) is 5.59. The Balaban J connectivity index is 0. The summed E-state index contributed by atoms with van der Waals surface area (Å²) in [5.41, 5.74) is 0. The van der Waals surface area contributed by atoms with E-state index in [0.29, 0.717) is 0 Å². The number of aliphatic hydroxyl groups excluding tert-OH is 1. The quantitative estimate of drug-likeness (QED) is 0.332. The molecule has 2 aliphatic rings. The Hall–Kier alpha value is -0.167. The molecular formula is C21H32O2Rh. The van der Waals surface area contributed by atoms with Crippen LogP contribution in [0.25, 0.3) is 0 Å². The summed E-state index contributed by atoms with van der Waals surface area (Å²) in [7, 11) is 0. The van der Waals surface area contributed by atoms with Crippen molar-refractivity contribution >= 4 is 5.78 Å². The van der Waals surface area contributed by atoms with Gasteiger partial charge in [-0.05, 0) is 117 Å². The number of carbonyl (C=O) groups excluding carboxylic acids is 1. The van der Waals surface area contributed by atoms with E-state index in [2.05, 4.69) is 51.4 Å². The zero-order valence-electron chi connectivity index (χ0n) is 15.0.